The highest BCUT2D eigenvalue weighted by molar-refractivity contribution is 7.56. The number of oxime groups is 1. The Morgan fingerprint density at radius 2 is 1.97 bits per heavy atom. The van der Waals surface area contributed by atoms with Crippen molar-refractivity contribution in [2.45, 2.75) is 65.3 Å². The van der Waals surface area contributed by atoms with Crippen molar-refractivity contribution in [1.29, 1.82) is 0 Å². The standard InChI is InChI=1S/C24H32N7O5P/c1-15(2)35-24(32)17(4)30-37(33,36-29-20-10-9-18-7-5-6-8-19(18)20)14-34-16(3)11-31-13-28-21-22(25)26-12-27-23(21)31/h5-8,12-13,15-17H,9-11,14H2,1-4H3,(H,30,33)(H2,25,26,27)/b29-20+/t16-,17+,37?/m1/s1. The Morgan fingerprint density at radius 3 is 2.76 bits per heavy atom. The average Bonchev–Trinajstić information content (AvgIpc) is 3.46. The molecule has 3 atom stereocenters. The molecular weight excluding hydrogens is 497 g/mol. The molecule has 3 aromatic rings. The minimum Gasteiger partial charge on any atom is -0.462 e. The fraction of sp³-hybridized carbons (Fsp3) is 0.458. The zero-order chi connectivity index (χ0) is 26.6. The normalized spacial score (nSPS) is 17.5. The maximum absolute atomic E-state index is 13.8. The van der Waals surface area contributed by atoms with Crippen LogP contribution < -0.4 is 10.8 Å². The number of benzene rings is 1. The van der Waals surface area contributed by atoms with Crippen molar-refractivity contribution in [3.8, 4) is 0 Å². The summed E-state index contributed by atoms with van der Waals surface area (Å²) >= 11 is 0. The van der Waals surface area contributed by atoms with Gasteiger partial charge in [0.05, 0.1) is 30.8 Å². The predicted molar refractivity (Wildman–Crippen MR) is 139 cm³/mol. The van der Waals surface area contributed by atoms with Gasteiger partial charge < -0.3 is 24.4 Å². The number of carbonyl (C=O) groups is 1. The quantitative estimate of drug-likeness (QED) is 0.215. The summed E-state index contributed by atoms with van der Waals surface area (Å²) in [6, 6.07) is 6.97. The minimum absolute atomic E-state index is 0.286. The van der Waals surface area contributed by atoms with Crippen LogP contribution in [0.3, 0.4) is 0 Å². The Kier molecular flexibility index (Phi) is 8.21. The van der Waals surface area contributed by atoms with Crippen molar-refractivity contribution in [2.75, 3.05) is 12.1 Å². The van der Waals surface area contributed by atoms with Crippen molar-refractivity contribution in [2.24, 2.45) is 5.16 Å². The number of ether oxygens (including phenoxy) is 2. The molecule has 0 amide bonds. The van der Waals surface area contributed by atoms with E-state index < -0.39 is 25.6 Å². The van der Waals surface area contributed by atoms with Crippen LogP contribution in [-0.2, 0) is 36.4 Å². The average molecular weight is 530 g/mol. The van der Waals surface area contributed by atoms with Gasteiger partial charge in [0, 0.05) is 5.56 Å². The van der Waals surface area contributed by atoms with Gasteiger partial charge in [0.1, 0.15) is 24.2 Å². The van der Waals surface area contributed by atoms with E-state index in [4.69, 9.17) is 19.8 Å². The van der Waals surface area contributed by atoms with Gasteiger partial charge in [-0.25, -0.2) is 20.0 Å². The topological polar surface area (TPSA) is 156 Å². The second-order valence-corrected chi connectivity index (χ2v) is 11.2. The van der Waals surface area contributed by atoms with Gasteiger partial charge in [-0.3, -0.25) is 9.36 Å². The van der Waals surface area contributed by atoms with E-state index in [9.17, 15) is 9.36 Å². The van der Waals surface area contributed by atoms with Crippen LogP contribution in [0.2, 0.25) is 0 Å². The number of fused-ring (bicyclic) bond motifs is 2. The Labute approximate surface area is 215 Å². The summed E-state index contributed by atoms with van der Waals surface area (Å²) in [5.41, 5.74) is 9.74. The second kappa shape index (κ2) is 11.4. The Bertz CT molecular complexity index is 1340. The van der Waals surface area contributed by atoms with Gasteiger partial charge in [0.25, 0.3) is 0 Å². The van der Waals surface area contributed by atoms with Gasteiger partial charge >= 0.3 is 13.5 Å². The molecule has 0 bridgehead atoms. The van der Waals surface area contributed by atoms with Crippen molar-refractivity contribution >= 4 is 36.2 Å². The summed E-state index contributed by atoms with van der Waals surface area (Å²) in [5.74, 6) is -0.262. The van der Waals surface area contributed by atoms with Gasteiger partial charge in [-0.05, 0) is 46.1 Å². The maximum atomic E-state index is 13.8. The number of nitrogens with zero attached hydrogens (tertiary/aromatic N) is 5. The van der Waals surface area contributed by atoms with Gasteiger partial charge in [-0.2, -0.15) is 0 Å². The van der Waals surface area contributed by atoms with Gasteiger partial charge in [-0.15, -0.1) is 0 Å². The molecule has 1 aliphatic carbocycles. The highest BCUT2D eigenvalue weighted by Gasteiger charge is 2.33. The molecule has 4 rings (SSSR count). The molecule has 0 spiro atoms. The highest BCUT2D eigenvalue weighted by atomic mass is 31.2. The van der Waals surface area contributed by atoms with Gasteiger partial charge in [0.15, 0.2) is 11.5 Å². The number of aryl methyl sites for hydroxylation is 1. The third-order valence-electron chi connectivity index (χ3n) is 5.75. The van der Waals surface area contributed by atoms with E-state index in [0.717, 1.165) is 17.5 Å². The molecule has 0 saturated heterocycles. The molecule has 198 valence electrons. The molecule has 1 aromatic carbocycles. The monoisotopic (exact) mass is 529 g/mol. The van der Waals surface area contributed by atoms with E-state index in [1.165, 1.54) is 6.33 Å². The lowest BCUT2D eigenvalue weighted by Gasteiger charge is -2.23. The minimum atomic E-state index is -3.77. The smallest absolute Gasteiger partial charge is 0.364 e. The first-order chi connectivity index (χ1) is 17.6. The third kappa shape index (κ3) is 6.51. The molecule has 1 unspecified atom stereocenters. The number of nitrogen functional groups attached to an aromatic ring is 1. The molecular formula is C24H32N7O5P. The number of anilines is 1. The lowest BCUT2D eigenvalue weighted by Crippen LogP contribution is -2.36. The van der Waals surface area contributed by atoms with Crippen molar-refractivity contribution in [3.05, 3.63) is 48.0 Å². The number of rotatable bonds is 11. The number of nitrogens with one attached hydrogen (secondary N) is 1. The fourth-order valence-electron chi connectivity index (χ4n) is 3.97. The summed E-state index contributed by atoms with van der Waals surface area (Å²) in [7, 11) is -3.77. The highest BCUT2D eigenvalue weighted by Crippen LogP contribution is 2.44. The van der Waals surface area contributed by atoms with E-state index in [0.29, 0.717) is 29.8 Å². The first-order valence-corrected chi connectivity index (χ1v) is 13.9. The van der Waals surface area contributed by atoms with Crippen LogP contribution in [0, 0.1) is 0 Å². The number of hydrogen-bond donors (Lipinski definition) is 2. The molecule has 1 aliphatic rings. The van der Waals surface area contributed by atoms with Crippen LogP contribution >= 0.6 is 7.52 Å². The Morgan fingerprint density at radius 1 is 1.19 bits per heavy atom. The fourth-order valence-corrected chi connectivity index (χ4v) is 5.52. The van der Waals surface area contributed by atoms with E-state index in [-0.39, 0.29) is 18.3 Å². The van der Waals surface area contributed by atoms with Crippen LogP contribution in [0.5, 0.6) is 0 Å². The van der Waals surface area contributed by atoms with E-state index in [1.807, 2.05) is 31.2 Å². The number of aromatic nitrogens is 4. The molecule has 12 nitrogen and oxygen atoms in total. The van der Waals surface area contributed by atoms with Crippen LogP contribution in [-0.4, -0.2) is 55.8 Å². The molecule has 0 saturated carbocycles. The van der Waals surface area contributed by atoms with Crippen molar-refractivity contribution < 1.29 is 23.5 Å². The number of hydrogen-bond acceptors (Lipinski definition) is 10. The summed E-state index contributed by atoms with van der Waals surface area (Å²) in [6.07, 6.45) is 3.41. The van der Waals surface area contributed by atoms with Crippen LogP contribution in [0.1, 0.15) is 45.2 Å². The summed E-state index contributed by atoms with van der Waals surface area (Å²) in [4.78, 5) is 24.8. The van der Waals surface area contributed by atoms with Crippen molar-refractivity contribution in [3.63, 3.8) is 0 Å². The maximum Gasteiger partial charge on any atom is 0.364 e. The molecule has 0 radical (unpaired) electrons. The van der Waals surface area contributed by atoms with Crippen molar-refractivity contribution in [1.82, 2.24) is 24.6 Å². The van der Waals surface area contributed by atoms with Crippen LogP contribution in [0.15, 0.2) is 42.1 Å². The van der Waals surface area contributed by atoms with Crippen LogP contribution in [0.25, 0.3) is 11.2 Å². The zero-order valence-corrected chi connectivity index (χ0v) is 22.2. The molecule has 37 heavy (non-hydrogen) atoms. The summed E-state index contributed by atoms with van der Waals surface area (Å²) in [6.45, 7) is 7.22. The second-order valence-electron chi connectivity index (χ2n) is 9.22. The van der Waals surface area contributed by atoms with E-state index in [2.05, 4.69) is 25.2 Å². The van der Waals surface area contributed by atoms with E-state index in [1.54, 1.807) is 31.7 Å². The molecule has 0 aliphatic heterocycles. The summed E-state index contributed by atoms with van der Waals surface area (Å²) < 4.78 is 32.4. The Balaban J connectivity index is 1.47. The predicted octanol–water partition coefficient (Wildman–Crippen LogP) is 3.26. The largest absolute Gasteiger partial charge is 0.462 e. The van der Waals surface area contributed by atoms with Gasteiger partial charge in [0.2, 0.25) is 0 Å². The zero-order valence-electron chi connectivity index (χ0n) is 21.3. The molecule has 2 heterocycles. The molecule has 2 aromatic heterocycles. The number of imidazole rings is 1. The lowest BCUT2D eigenvalue weighted by molar-refractivity contribution is -0.149. The number of carbonyl (C=O) groups excluding carboxylic acids is 1. The Hall–Kier alpha value is -3.34. The number of nitrogens with two attached hydrogens (primary N) is 1. The van der Waals surface area contributed by atoms with E-state index >= 15 is 0 Å². The number of esters is 1. The van der Waals surface area contributed by atoms with Gasteiger partial charge in [-0.1, -0.05) is 29.4 Å². The first-order valence-electron chi connectivity index (χ1n) is 12.1. The molecule has 13 heteroatoms. The third-order valence-corrected chi connectivity index (χ3v) is 7.37. The SMILES string of the molecule is CC(C)OC(=O)[C@H](C)NP(=O)(CO[C@H](C)Cn1cnc2c(N)ncnc21)O/N=C1\CCc2ccccc21. The first kappa shape index (κ1) is 26.7. The molecule has 0 fully saturated rings. The summed E-state index contributed by atoms with van der Waals surface area (Å²) in [5, 5.41) is 7.00. The van der Waals surface area contributed by atoms with Crippen LogP contribution in [0.4, 0.5) is 5.82 Å². The lowest BCUT2D eigenvalue weighted by atomic mass is 10.1. The molecule has 3 N–H and O–H groups in total.